The van der Waals surface area contributed by atoms with Crippen LogP contribution in [-0.2, 0) is 4.74 Å². The number of aromatic amines is 1. The number of carbonyl (C=O) groups excluding carboxylic acids is 2. The van der Waals surface area contributed by atoms with Crippen LogP contribution in [0.1, 0.15) is 57.4 Å². The number of aromatic nitrogens is 1. The van der Waals surface area contributed by atoms with E-state index in [1.54, 1.807) is 13.8 Å². The van der Waals surface area contributed by atoms with E-state index in [2.05, 4.69) is 18.8 Å². The standard InChI is InChI=1S/C19H23NO4/c1-11(2)14-6-8-15(9-7-14)24-10-16(21)17-12(3)18(19(22)23-5)20-13(17)4/h6-9,11,20H,10H2,1-5H3. The second kappa shape index (κ2) is 7.34. The van der Waals surface area contributed by atoms with Crippen LogP contribution in [0.15, 0.2) is 24.3 Å². The molecule has 1 heterocycles. The monoisotopic (exact) mass is 329 g/mol. The van der Waals surface area contributed by atoms with Gasteiger partial charge in [-0.05, 0) is 43.0 Å². The lowest BCUT2D eigenvalue weighted by atomic mass is 10.0. The van der Waals surface area contributed by atoms with Crippen molar-refractivity contribution in [1.82, 2.24) is 4.98 Å². The van der Waals surface area contributed by atoms with Crippen molar-refractivity contribution in [1.29, 1.82) is 0 Å². The minimum Gasteiger partial charge on any atom is -0.485 e. The van der Waals surface area contributed by atoms with Crippen molar-refractivity contribution in [3.05, 3.63) is 52.3 Å². The summed E-state index contributed by atoms with van der Waals surface area (Å²) in [6.45, 7) is 7.64. The molecule has 1 aromatic carbocycles. The Morgan fingerprint density at radius 1 is 1.12 bits per heavy atom. The van der Waals surface area contributed by atoms with Gasteiger partial charge in [0.2, 0.25) is 5.78 Å². The summed E-state index contributed by atoms with van der Waals surface area (Å²) in [5.41, 5.74) is 3.22. The molecule has 128 valence electrons. The molecule has 0 bridgehead atoms. The van der Waals surface area contributed by atoms with Gasteiger partial charge in [-0.15, -0.1) is 0 Å². The Morgan fingerprint density at radius 3 is 2.29 bits per heavy atom. The maximum absolute atomic E-state index is 12.5. The molecule has 0 saturated heterocycles. The highest BCUT2D eigenvalue weighted by atomic mass is 16.5. The predicted molar refractivity (Wildman–Crippen MR) is 92.0 cm³/mol. The molecule has 0 saturated carbocycles. The topological polar surface area (TPSA) is 68.4 Å². The number of esters is 1. The SMILES string of the molecule is COC(=O)c1[nH]c(C)c(C(=O)COc2ccc(C(C)C)cc2)c1C. The van der Waals surface area contributed by atoms with Gasteiger partial charge in [0.15, 0.2) is 6.61 Å². The van der Waals surface area contributed by atoms with E-state index in [-0.39, 0.29) is 12.4 Å². The molecule has 0 fully saturated rings. The first-order valence-corrected chi connectivity index (χ1v) is 7.88. The van der Waals surface area contributed by atoms with E-state index in [1.165, 1.54) is 12.7 Å². The second-order valence-electron chi connectivity index (χ2n) is 6.05. The summed E-state index contributed by atoms with van der Waals surface area (Å²) >= 11 is 0. The van der Waals surface area contributed by atoms with E-state index < -0.39 is 5.97 Å². The number of hydrogen-bond donors (Lipinski definition) is 1. The van der Waals surface area contributed by atoms with Gasteiger partial charge in [-0.3, -0.25) is 4.79 Å². The number of hydrogen-bond acceptors (Lipinski definition) is 4. The van der Waals surface area contributed by atoms with E-state index in [9.17, 15) is 9.59 Å². The van der Waals surface area contributed by atoms with Crippen LogP contribution in [0.5, 0.6) is 5.75 Å². The lowest BCUT2D eigenvalue weighted by molar-refractivity contribution is 0.0594. The van der Waals surface area contributed by atoms with Gasteiger partial charge in [-0.25, -0.2) is 4.79 Å². The van der Waals surface area contributed by atoms with Crippen molar-refractivity contribution in [3.8, 4) is 5.75 Å². The Hall–Kier alpha value is -2.56. The van der Waals surface area contributed by atoms with Crippen LogP contribution < -0.4 is 4.74 Å². The molecule has 5 heteroatoms. The first kappa shape index (κ1) is 17.8. The quantitative estimate of drug-likeness (QED) is 0.646. The Labute approximate surface area is 142 Å². The van der Waals surface area contributed by atoms with Crippen LogP contribution in [0.2, 0.25) is 0 Å². The molecular formula is C19H23NO4. The minimum absolute atomic E-state index is 0.0822. The fraction of sp³-hybridized carbons (Fsp3) is 0.368. The smallest absolute Gasteiger partial charge is 0.354 e. The summed E-state index contributed by atoms with van der Waals surface area (Å²) in [7, 11) is 1.31. The number of ketones is 1. The molecule has 0 atom stereocenters. The Morgan fingerprint density at radius 2 is 1.75 bits per heavy atom. The zero-order chi connectivity index (χ0) is 17.9. The molecular weight excluding hydrogens is 306 g/mol. The molecule has 0 aliphatic heterocycles. The molecule has 0 aliphatic carbocycles. The van der Waals surface area contributed by atoms with Crippen LogP contribution in [0.4, 0.5) is 0 Å². The Kier molecular flexibility index (Phi) is 5.44. The van der Waals surface area contributed by atoms with Crippen LogP contribution in [0.3, 0.4) is 0 Å². The zero-order valence-electron chi connectivity index (χ0n) is 14.7. The summed E-state index contributed by atoms with van der Waals surface area (Å²) in [6.07, 6.45) is 0. The van der Waals surface area contributed by atoms with Gasteiger partial charge in [-0.2, -0.15) is 0 Å². The van der Waals surface area contributed by atoms with Crippen molar-refractivity contribution in [2.24, 2.45) is 0 Å². The number of benzene rings is 1. The highest BCUT2D eigenvalue weighted by Gasteiger charge is 2.22. The summed E-state index contributed by atoms with van der Waals surface area (Å²) < 4.78 is 10.3. The van der Waals surface area contributed by atoms with Gasteiger partial charge in [-0.1, -0.05) is 26.0 Å². The minimum atomic E-state index is -0.486. The molecule has 0 radical (unpaired) electrons. The van der Waals surface area contributed by atoms with Gasteiger partial charge in [0, 0.05) is 11.3 Å². The van der Waals surface area contributed by atoms with Gasteiger partial charge >= 0.3 is 5.97 Å². The summed E-state index contributed by atoms with van der Waals surface area (Å²) in [6, 6.07) is 7.71. The van der Waals surface area contributed by atoms with Crippen molar-refractivity contribution >= 4 is 11.8 Å². The van der Waals surface area contributed by atoms with Crippen LogP contribution in [0, 0.1) is 13.8 Å². The Bertz CT molecular complexity index is 741. The normalized spacial score (nSPS) is 10.8. The third-order valence-corrected chi connectivity index (χ3v) is 4.02. The van der Waals surface area contributed by atoms with Crippen molar-refractivity contribution in [3.63, 3.8) is 0 Å². The van der Waals surface area contributed by atoms with Crippen LogP contribution in [-0.4, -0.2) is 30.5 Å². The van der Waals surface area contributed by atoms with E-state index >= 15 is 0 Å². The fourth-order valence-corrected chi connectivity index (χ4v) is 2.64. The van der Waals surface area contributed by atoms with E-state index in [0.717, 1.165) is 0 Å². The summed E-state index contributed by atoms with van der Waals surface area (Å²) in [5.74, 6) is 0.429. The lowest BCUT2D eigenvalue weighted by Gasteiger charge is -2.09. The fourth-order valence-electron chi connectivity index (χ4n) is 2.64. The first-order valence-electron chi connectivity index (χ1n) is 7.88. The third-order valence-electron chi connectivity index (χ3n) is 4.02. The number of methoxy groups -OCH3 is 1. The molecule has 0 spiro atoms. The Balaban J connectivity index is 2.10. The van der Waals surface area contributed by atoms with Gasteiger partial charge in [0.25, 0.3) is 0 Å². The molecule has 2 aromatic rings. The number of Topliss-reactive ketones (excluding diaryl/α,β-unsaturated/α-hetero) is 1. The third kappa shape index (κ3) is 3.67. The maximum atomic E-state index is 12.5. The molecule has 0 aliphatic rings. The predicted octanol–water partition coefficient (Wildman–Crippen LogP) is 3.80. The lowest BCUT2D eigenvalue weighted by Crippen LogP contribution is -2.13. The van der Waals surface area contributed by atoms with Crippen molar-refractivity contribution in [2.45, 2.75) is 33.6 Å². The zero-order valence-corrected chi connectivity index (χ0v) is 14.7. The largest absolute Gasteiger partial charge is 0.485 e. The molecule has 2 rings (SSSR count). The van der Waals surface area contributed by atoms with Crippen LogP contribution in [0.25, 0.3) is 0 Å². The maximum Gasteiger partial charge on any atom is 0.354 e. The van der Waals surface area contributed by atoms with Gasteiger partial charge < -0.3 is 14.5 Å². The van der Waals surface area contributed by atoms with Crippen molar-refractivity contribution in [2.75, 3.05) is 13.7 Å². The molecule has 1 N–H and O–H groups in total. The van der Waals surface area contributed by atoms with E-state index in [1.807, 2.05) is 24.3 Å². The van der Waals surface area contributed by atoms with Crippen molar-refractivity contribution < 1.29 is 19.1 Å². The van der Waals surface area contributed by atoms with E-state index in [4.69, 9.17) is 9.47 Å². The van der Waals surface area contributed by atoms with Gasteiger partial charge in [0.1, 0.15) is 11.4 Å². The molecule has 0 unspecified atom stereocenters. The second-order valence-corrected chi connectivity index (χ2v) is 6.05. The number of H-pyrrole nitrogens is 1. The molecule has 1 aromatic heterocycles. The van der Waals surface area contributed by atoms with E-state index in [0.29, 0.717) is 34.2 Å². The average Bonchev–Trinajstić information content (AvgIpc) is 2.87. The number of nitrogens with one attached hydrogen (secondary N) is 1. The van der Waals surface area contributed by atoms with Gasteiger partial charge in [0.05, 0.1) is 7.11 Å². The number of rotatable bonds is 6. The summed E-state index contributed by atoms with van der Waals surface area (Å²) in [5, 5.41) is 0. The molecule has 24 heavy (non-hydrogen) atoms. The highest BCUT2D eigenvalue weighted by Crippen LogP contribution is 2.21. The number of ether oxygens (including phenoxy) is 2. The molecule has 0 amide bonds. The number of carbonyl (C=O) groups is 2. The van der Waals surface area contributed by atoms with Crippen LogP contribution >= 0.6 is 0 Å². The molecule has 5 nitrogen and oxygen atoms in total. The average molecular weight is 329 g/mol. The number of aryl methyl sites for hydroxylation is 1. The highest BCUT2D eigenvalue weighted by molar-refractivity contribution is 6.03. The summed E-state index contributed by atoms with van der Waals surface area (Å²) in [4.78, 5) is 27.1. The first-order chi connectivity index (χ1) is 11.3.